The van der Waals surface area contributed by atoms with Gasteiger partial charge in [0.2, 0.25) is 0 Å². The minimum atomic E-state index is -0.711. The second kappa shape index (κ2) is 3.72. The summed E-state index contributed by atoms with van der Waals surface area (Å²) in [6.07, 6.45) is 0.902. The van der Waals surface area contributed by atoms with Gasteiger partial charge >= 0.3 is 5.97 Å². The van der Waals surface area contributed by atoms with Gasteiger partial charge in [-0.3, -0.25) is 4.79 Å². The van der Waals surface area contributed by atoms with Crippen molar-refractivity contribution in [3.8, 4) is 0 Å². The zero-order valence-corrected chi connectivity index (χ0v) is 11.3. The van der Waals surface area contributed by atoms with Crippen LogP contribution in [-0.2, 0) is 10.2 Å². The van der Waals surface area contributed by atoms with Crippen LogP contribution in [0.5, 0.6) is 0 Å². The minimum absolute atomic E-state index is 0.344. The fourth-order valence-electron chi connectivity index (χ4n) is 4.34. The standard InChI is InChI=1S/C18H16O2/c1-11(17(19)20)18-10-14(12-6-2-4-8-15(12)18)13-7-3-5-9-16(13)18/h2-9,11,14H,10H2,1H3,(H,19,20). The predicted molar refractivity (Wildman–Crippen MR) is 76.9 cm³/mol. The highest BCUT2D eigenvalue weighted by Gasteiger charge is 2.56. The van der Waals surface area contributed by atoms with Gasteiger partial charge in [-0.1, -0.05) is 55.5 Å². The molecule has 1 N–H and O–H groups in total. The van der Waals surface area contributed by atoms with E-state index in [1.165, 1.54) is 22.3 Å². The fraction of sp³-hybridized carbons (Fsp3) is 0.278. The van der Waals surface area contributed by atoms with Gasteiger partial charge < -0.3 is 5.11 Å². The number of hydrogen-bond acceptors (Lipinski definition) is 1. The quantitative estimate of drug-likeness (QED) is 0.900. The lowest BCUT2D eigenvalue weighted by atomic mass is 9.67. The maximum Gasteiger partial charge on any atom is 0.307 e. The van der Waals surface area contributed by atoms with Gasteiger partial charge in [0.05, 0.1) is 5.92 Å². The smallest absolute Gasteiger partial charge is 0.307 e. The summed E-state index contributed by atoms with van der Waals surface area (Å²) in [6.45, 7) is 1.85. The summed E-state index contributed by atoms with van der Waals surface area (Å²) in [6, 6.07) is 16.7. The van der Waals surface area contributed by atoms with E-state index in [4.69, 9.17) is 0 Å². The highest BCUT2D eigenvalue weighted by Crippen LogP contribution is 2.62. The number of benzene rings is 2. The molecule has 2 nitrogen and oxygen atoms in total. The molecule has 1 unspecified atom stereocenters. The van der Waals surface area contributed by atoms with Crippen LogP contribution in [0.3, 0.4) is 0 Å². The molecule has 0 amide bonds. The monoisotopic (exact) mass is 264 g/mol. The normalized spacial score (nSPS) is 26.9. The topological polar surface area (TPSA) is 37.3 Å². The molecule has 2 aliphatic rings. The highest BCUT2D eigenvalue weighted by molar-refractivity contribution is 5.77. The maximum atomic E-state index is 11.7. The summed E-state index contributed by atoms with van der Waals surface area (Å²) in [4.78, 5) is 11.7. The predicted octanol–water partition coefficient (Wildman–Crippen LogP) is 3.54. The van der Waals surface area contributed by atoms with E-state index in [0.717, 1.165) is 6.42 Å². The van der Waals surface area contributed by atoms with Crippen molar-refractivity contribution in [2.24, 2.45) is 5.92 Å². The van der Waals surface area contributed by atoms with E-state index < -0.39 is 11.9 Å². The molecule has 0 aromatic heterocycles. The first-order chi connectivity index (χ1) is 9.66. The number of fused-ring (bicyclic) bond motifs is 8. The van der Waals surface area contributed by atoms with Gasteiger partial charge in [0, 0.05) is 11.3 Å². The van der Waals surface area contributed by atoms with Crippen molar-refractivity contribution in [3.63, 3.8) is 0 Å². The van der Waals surface area contributed by atoms with E-state index in [1.807, 2.05) is 19.1 Å². The maximum absolute atomic E-state index is 11.7. The van der Waals surface area contributed by atoms with Crippen molar-refractivity contribution in [2.45, 2.75) is 24.7 Å². The summed E-state index contributed by atoms with van der Waals surface area (Å²) >= 11 is 0. The molecule has 0 fully saturated rings. The molecule has 0 saturated carbocycles. The molecule has 0 saturated heterocycles. The average molecular weight is 264 g/mol. The molecule has 2 aromatic carbocycles. The molecule has 2 aliphatic carbocycles. The summed E-state index contributed by atoms with van der Waals surface area (Å²) < 4.78 is 0. The lowest BCUT2D eigenvalue weighted by Crippen LogP contribution is -2.36. The second-order valence-corrected chi connectivity index (χ2v) is 5.96. The van der Waals surface area contributed by atoms with E-state index in [0.29, 0.717) is 5.92 Å². The van der Waals surface area contributed by atoms with Gasteiger partial charge in [-0.15, -0.1) is 0 Å². The van der Waals surface area contributed by atoms with Gasteiger partial charge in [-0.2, -0.15) is 0 Å². The molecule has 1 atom stereocenters. The molecule has 2 heteroatoms. The molecule has 0 radical (unpaired) electrons. The Morgan fingerprint density at radius 1 is 1.10 bits per heavy atom. The second-order valence-electron chi connectivity index (χ2n) is 5.96. The fourth-order valence-corrected chi connectivity index (χ4v) is 4.34. The van der Waals surface area contributed by atoms with Gasteiger partial charge in [0.15, 0.2) is 0 Å². The number of hydrogen-bond donors (Lipinski definition) is 1. The Hall–Kier alpha value is -2.09. The minimum Gasteiger partial charge on any atom is -0.481 e. The van der Waals surface area contributed by atoms with Crippen LogP contribution in [-0.4, -0.2) is 11.1 Å². The lowest BCUT2D eigenvalue weighted by Gasteiger charge is -2.34. The number of carboxylic acids is 1. The summed E-state index contributed by atoms with van der Waals surface area (Å²) in [5.41, 5.74) is 4.74. The van der Waals surface area contributed by atoms with Crippen LogP contribution in [0.2, 0.25) is 0 Å². The first kappa shape index (κ1) is 11.7. The third-order valence-corrected chi connectivity index (χ3v) is 5.27. The average Bonchev–Trinajstić information content (AvgIpc) is 3.00. The van der Waals surface area contributed by atoms with E-state index in [-0.39, 0.29) is 5.41 Å². The lowest BCUT2D eigenvalue weighted by molar-refractivity contribution is -0.143. The molecular formula is C18H16O2. The Kier molecular flexibility index (Phi) is 2.18. The molecule has 100 valence electrons. The van der Waals surface area contributed by atoms with Crippen molar-refractivity contribution >= 4 is 5.97 Å². The Morgan fingerprint density at radius 3 is 2.10 bits per heavy atom. The van der Waals surface area contributed by atoms with Gasteiger partial charge in [-0.25, -0.2) is 0 Å². The van der Waals surface area contributed by atoms with E-state index in [9.17, 15) is 9.90 Å². The first-order valence-corrected chi connectivity index (χ1v) is 7.08. The van der Waals surface area contributed by atoms with Crippen molar-refractivity contribution < 1.29 is 9.90 Å². The Morgan fingerprint density at radius 2 is 1.60 bits per heavy atom. The van der Waals surface area contributed by atoms with Crippen LogP contribution in [0.1, 0.15) is 41.5 Å². The van der Waals surface area contributed by atoms with Crippen molar-refractivity contribution in [1.82, 2.24) is 0 Å². The zero-order chi connectivity index (χ0) is 13.9. The SMILES string of the molecule is CC(C(=O)O)C12CC(c3ccccc31)c1ccccc12. The zero-order valence-electron chi connectivity index (χ0n) is 11.3. The summed E-state index contributed by atoms with van der Waals surface area (Å²) in [5, 5.41) is 9.61. The van der Waals surface area contributed by atoms with E-state index in [2.05, 4.69) is 36.4 Å². The van der Waals surface area contributed by atoms with Gasteiger partial charge in [0.25, 0.3) is 0 Å². The largest absolute Gasteiger partial charge is 0.481 e. The number of carbonyl (C=O) groups is 1. The van der Waals surface area contributed by atoms with Crippen LogP contribution >= 0.6 is 0 Å². The van der Waals surface area contributed by atoms with Crippen LogP contribution in [0.4, 0.5) is 0 Å². The number of aliphatic carboxylic acids is 1. The van der Waals surface area contributed by atoms with Crippen molar-refractivity contribution in [3.05, 3.63) is 70.8 Å². The molecule has 2 aromatic rings. The van der Waals surface area contributed by atoms with Crippen LogP contribution in [0.15, 0.2) is 48.5 Å². The van der Waals surface area contributed by atoms with Crippen molar-refractivity contribution in [2.75, 3.05) is 0 Å². The molecule has 20 heavy (non-hydrogen) atoms. The Bertz CT molecular complexity index is 669. The van der Waals surface area contributed by atoms with Crippen LogP contribution in [0.25, 0.3) is 0 Å². The first-order valence-electron chi connectivity index (χ1n) is 7.08. The molecule has 0 aliphatic heterocycles. The van der Waals surface area contributed by atoms with Gasteiger partial charge in [-0.05, 0) is 28.7 Å². The molecular weight excluding hydrogens is 248 g/mol. The number of rotatable bonds is 2. The molecule has 0 spiro atoms. The van der Waals surface area contributed by atoms with E-state index in [1.54, 1.807) is 0 Å². The third kappa shape index (κ3) is 1.17. The van der Waals surface area contributed by atoms with Gasteiger partial charge in [0.1, 0.15) is 0 Å². The summed E-state index contributed by atoms with van der Waals surface area (Å²) in [7, 11) is 0. The van der Waals surface area contributed by atoms with Crippen molar-refractivity contribution in [1.29, 1.82) is 0 Å². The molecule has 0 heterocycles. The Labute approximate surface area is 118 Å². The third-order valence-electron chi connectivity index (χ3n) is 5.27. The van der Waals surface area contributed by atoms with Crippen LogP contribution in [0, 0.1) is 5.92 Å². The summed E-state index contributed by atoms with van der Waals surface area (Å²) in [5.74, 6) is -0.751. The van der Waals surface area contributed by atoms with Crippen LogP contribution < -0.4 is 0 Å². The van der Waals surface area contributed by atoms with E-state index >= 15 is 0 Å². The molecule has 2 bridgehead atoms. The molecule has 4 rings (SSSR count). The number of carboxylic acid groups (broad SMARTS) is 1. The Balaban J connectivity index is 2.05. The highest BCUT2D eigenvalue weighted by atomic mass is 16.4.